The Morgan fingerprint density at radius 3 is 2.67 bits per heavy atom. The number of esters is 1. The van der Waals surface area contributed by atoms with Crippen molar-refractivity contribution in [3.8, 4) is 0 Å². The highest BCUT2D eigenvalue weighted by atomic mass is 16.5. The van der Waals surface area contributed by atoms with Crippen molar-refractivity contribution in [2.24, 2.45) is 0 Å². The fourth-order valence-electron chi connectivity index (χ4n) is 2.40. The largest absolute Gasteiger partial charge is 0.465 e. The minimum absolute atomic E-state index is 0.215. The quantitative estimate of drug-likeness (QED) is 0.832. The molecule has 18 heavy (non-hydrogen) atoms. The average Bonchev–Trinajstić information content (AvgIpc) is 2.33. The molecule has 0 aromatic carbocycles. The standard InChI is InChI=1S/C14H20N2O2/c1-4-14(8-5-9-14)16-12-7-6-11(10(2)15-12)13(17)18-3/h6-7H,4-5,8-9H2,1-3H3,(H,15,16). The Labute approximate surface area is 108 Å². The second-order valence-corrected chi connectivity index (χ2v) is 4.93. The van der Waals surface area contributed by atoms with Crippen LogP contribution in [-0.2, 0) is 4.74 Å². The zero-order chi connectivity index (χ0) is 13.2. The number of hydrogen-bond donors (Lipinski definition) is 1. The van der Waals surface area contributed by atoms with E-state index >= 15 is 0 Å². The summed E-state index contributed by atoms with van der Waals surface area (Å²) in [4.78, 5) is 15.9. The van der Waals surface area contributed by atoms with E-state index < -0.39 is 0 Å². The summed E-state index contributed by atoms with van der Waals surface area (Å²) in [5, 5.41) is 3.50. The minimum Gasteiger partial charge on any atom is -0.465 e. The Bertz CT molecular complexity index is 448. The van der Waals surface area contributed by atoms with Crippen molar-refractivity contribution in [3.63, 3.8) is 0 Å². The molecule has 4 heteroatoms. The molecule has 1 aromatic rings. The van der Waals surface area contributed by atoms with Gasteiger partial charge in [-0.2, -0.15) is 0 Å². The molecule has 0 radical (unpaired) electrons. The van der Waals surface area contributed by atoms with Gasteiger partial charge in [-0.25, -0.2) is 9.78 Å². The lowest BCUT2D eigenvalue weighted by Gasteiger charge is -2.42. The molecule has 2 rings (SSSR count). The van der Waals surface area contributed by atoms with Crippen molar-refractivity contribution in [1.82, 2.24) is 4.98 Å². The first kappa shape index (κ1) is 12.9. The number of aryl methyl sites for hydroxylation is 1. The van der Waals surface area contributed by atoms with Gasteiger partial charge in [0, 0.05) is 5.54 Å². The number of methoxy groups -OCH3 is 1. The molecule has 0 atom stereocenters. The molecule has 1 aromatic heterocycles. The van der Waals surface area contributed by atoms with E-state index in [0.717, 1.165) is 12.2 Å². The third-order valence-electron chi connectivity index (χ3n) is 3.87. The zero-order valence-electron chi connectivity index (χ0n) is 11.2. The highest BCUT2D eigenvalue weighted by Gasteiger charge is 2.35. The van der Waals surface area contributed by atoms with E-state index in [4.69, 9.17) is 4.74 Å². The third-order valence-corrected chi connectivity index (χ3v) is 3.87. The molecule has 4 nitrogen and oxygen atoms in total. The van der Waals surface area contributed by atoms with Gasteiger partial charge in [0.2, 0.25) is 0 Å². The van der Waals surface area contributed by atoms with Crippen molar-refractivity contribution in [1.29, 1.82) is 0 Å². The van der Waals surface area contributed by atoms with Gasteiger partial charge >= 0.3 is 5.97 Å². The summed E-state index contributed by atoms with van der Waals surface area (Å²) in [7, 11) is 1.38. The van der Waals surface area contributed by atoms with Gasteiger partial charge < -0.3 is 10.1 Å². The number of aromatic nitrogens is 1. The molecule has 0 aliphatic heterocycles. The van der Waals surface area contributed by atoms with Gasteiger partial charge in [-0.3, -0.25) is 0 Å². The first-order valence-electron chi connectivity index (χ1n) is 6.44. The van der Waals surface area contributed by atoms with Crippen LogP contribution < -0.4 is 5.32 Å². The first-order chi connectivity index (χ1) is 8.60. The number of nitrogens with zero attached hydrogens (tertiary/aromatic N) is 1. The maximum Gasteiger partial charge on any atom is 0.339 e. The molecule has 0 amide bonds. The van der Waals surface area contributed by atoms with Crippen LogP contribution in [0.5, 0.6) is 0 Å². The molecule has 1 aliphatic rings. The molecule has 1 N–H and O–H groups in total. The molecular formula is C14H20N2O2. The van der Waals surface area contributed by atoms with Crippen molar-refractivity contribution in [2.45, 2.75) is 45.1 Å². The molecule has 0 bridgehead atoms. The lowest BCUT2D eigenvalue weighted by molar-refractivity contribution is 0.0599. The number of anilines is 1. The van der Waals surface area contributed by atoms with Gasteiger partial charge in [-0.05, 0) is 44.7 Å². The molecule has 1 saturated carbocycles. The SMILES string of the molecule is CCC1(Nc2ccc(C(=O)OC)c(C)n2)CCC1. The van der Waals surface area contributed by atoms with Gasteiger partial charge in [0.25, 0.3) is 0 Å². The highest BCUT2D eigenvalue weighted by molar-refractivity contribution is 5.90. The van der Waals surface area contributed by atoms with E-state index in [0.29, 0.717) is 11.3 Å². The molecular weight excluding hydrogens is 228 g/mol. The van der Waals surface area contributed by atoms with Gasteiger partial charge in [-0.1, -0.05) is 6.92 Å². The predicted molar refractivity (Wildman–Crippen MR) is 70.8 cm³/mol. The van der Waals surface area contributed by atoms with Gasteiger partial charge in [0.15, 0.2) is 0 Å². The van der Waals surface area contributed by atoms with Crippen molar-refractivity contribution >= 4 is 11.8 Å². The number of carbonyl (C=O) groups is 1. The fraction of sp³-hybridized carbons (Fsp3) is 0.571. The van der Waals surface area contributed by atoms with E-state index in [-0.39, 0.29) is 11.5 Å². The van der Waals surface area contributed by atoms with E-state index in [1.165, 1.54) is 26.4 Å². The van der Waals surface area contributed by atoms with E-state index in [2.05, 4.69) is 17.2 Å². The van der Waals surface area contributed by atoms with Crippen LogP contribution >= 0.6 is 0 Å². The molecule has 0 saturated heterocycles. The Kier molecular flexibility index (Phi) is 3.55. The molecule has 0 spiro atoms. The van der Waals surface area contributed by atoms with Gasteiger partial charge in [0.05, 0.1) is 18.4 Å². The molecule has 1 aliphatic carbocycles. The van der Waals surface area contributed by atoms with Crippen LogP contribution in [0.3, 0.4) is 0 Å². The second kappa shape index (κ2) is 4.96. The van der Waals surface area contributed by atoms with Crippen LogP contribution in [0.4, 0.5) is 5.82 Å². The molecule has 1 heterocycles. The van der Waals surface area contributed by atoms with Crippen LogP contribution in [0.25, 0.3) is 0 Å². The lowest BCUT2D eigenvalue weighted by Crippen LogP contribution is -2.44. The van der Waals surface area contributed by atoms with Crippen LogP contribution in [0.2, 0.25) is 0 Å². The van der Waals surface area contributed by atoms with Crippen LogP contribution in [-0.4, -0.2) is 23.6 Å². The van der Waals surface area contributed by atoms with Crippen molar-refractivity contribution < 1.29 is 9.53 Å². The summed E-state index contributed by atoms with van der Waals surface area (Å²) in [5.41, 5.74) is 1.45. The summed E-state index contributed by atoms with van der Waals surface area (Å²) < 4.78 is 4.71. The first-order valence-corrected chi connectivity index (χ1v) is 6.44. The van der Waals surface area contributed by atoms with E-state index in [9.17, 15) is 4.79 Å². The van der Waals surface area contributed by atoms with Crippen LogP contribution in [0.1, 0.15) is 48.7 Å². The Balaban J connectivity index is 2.16. The summed E-state index contributed by atoms with van der Waals surface area (Å²) in [6.45, 7) is 4.03. The van der Waals surface area contributed by atoms with Crippen LogP contribution in [0, 0.1) is 6.92 Å². The number of hydrogen-bond acceptors (Lipinski definition) is 4. The maximum atomic E-state index is 11.5. The fourth-order valence-corrected chi connectivity index (χ4v) is 2.40. The predicted octanol–water partition coefficient (Wildman–Crippen LogP) is 2.92. The Hall–Kier alpha value is -1.58. The number of ether oxygens (including phenoxy) is 1. The third kappa shape index (κ3) is 2.33. The number of carbonyl (C=O) groups excluding carboxylic acids is 1. The maximum absolute atomic E-state index is 11.5. The zero-order valence-corrected chi connectivity index (χ0v) is 11.2. The normalized spacial score (nSPS) is 16.8. The van der Waals surface area contributed by atoms with Crippen molar-refractivity contribution in [2.75, 3.05) is 12.4 Å². The second-order valence-electron chi connectivity index (χ2n) is 4.93. The number of rotatable bonds is 4. The Morgan fingerprint density at radius 2 is 2.22 bits per heavy atom. The van der Waals surface area contributed by atoms with E-state index in [1.807, 2.05) is 13.0 Å². The van der Waals surface area contributed by atoms with Gasteiger partial charge in [0.1, 0.15) is 5.82 Å². The van der Waals surface area contributed by atoms with Crippen LogP contribution in [0.15, 0.2) is 12.1 Å². The summed E-state index contributed by atoms with van der Waals surface area (Å²) in [6.07, 6.45) is 4.78. The minimum atomic E-state index is -0.333. The monoisotopic (exact) mass is 248 g/mol. The molecule has 1 fully saturated rings. The lowest BCUT2D eigenvalue weighted by atomic mass is 9.75. The topological polar surface area (TPSA) is 51.2 Å². The van der Waals surface area contributed by atoms with Crippen molar-refractivity contribution in [3.05, 3.63) is 23.4 Å². The van der Waals surface area contributed by atoms with E-state index in [1.54, 1.807) is 6.07 Å². The molecule has 98 valence electrons. The average molecular weight is 248 g/mol. The Morgan fingerprint density at radius 1 is 1.50 bits per heavy atom. The smallest absolute Gasteiger partial charge is 0.339 e. The summed E-state index contributed by atoms with van der Waals surface area (Å²) in [6, 6.07) is 3.63. The number of nitrogens with one attached hydrogen (secondary N) is 1. The van der Waals surface area contributed by atoms with Gasteiger partial charge in [-0.15, -0.1) is 0 Å². The molecule has 0 unspecified atom stereocenters. The summed E-state index contributed by atoms with van der Waals surface area (Å²) >= 11 is 0. The summed E-state index contributed by atoms with van der Waals surface area (Å²) in [5.74, 6) is 0.516. The number of pyridine rings is 1. The highest BCUT2D eigenvalue weighted by Crippen LogP contribution is 2.37.